The number of rotatable bonds is 5. The van der Waals surface area contributed by atoms with Gasteiger partial charge in [-0.15, -0.1) is 11.3 Å². The van der Waals surface area contributed by atoms with Gasteiger partial charge < -0.3 is 4.74 Å². The maximum absolute atomic E-state index is 11.9. The number of thiophene rings is 1. The molecule has 0 amide bonds. The van der Waals surface area contributed by atoms with E-state index in [0.29, 0.717) is 26.8 Å². The second kappa shape index (κ2) is 6.19. The van der Waals surface area contributed by atoms with E-state index in [1.165, 1.54) is 11.3 Å². The molecule has 17 heavy (non-hydrogen) atoms. The fourth-order valence-electron chi connectivity index (χ4n) is 2.03. The first-order valence-electron chi connectivity index (χ1n) is 5.76. The molecule has 94 valence electrons. The fourth-order valence-corrected chi connectivity index (χ4v) is 3.53. The summed E-state index contributed by atoms with van der Waals surface area (Å²) in [6, 6.07) is 1.66. The van der Waals surface area contributed by atoms with Gasteiger partial charge in [0.25, 0.3) is 0 Å². The fraction of sp³-hybridized carbons (Fsp3) is 0.583. The molecule has 2 heterocycles. The summed E-state index contributed by atoms with van der Waals surface area (Å²) in [4.78, 5) is 11.9. The summed E-state index contributed by atoms with van der Waals surface area (Å²) in [5, 5.41) is 0. The number of Topliss-reactive ketones (excluding diaryl/α,β-unsaturated/α-hetero) is 1. The van der Waals surface area contributed by atoms with Crippen molar-refractivity contribution in [2.75, 3.05) is 6.61 Å². The Bertz CT molecular complexity index is 397. The first-order chi connectivity index (χ1) is 8.16. The van der Waals surface area contributed by atoms with Gasteiger partial charge in [-0.1, -0.05) is 23.2 Å². The molecule has 1 aromatic heterocycles. The van der Waals surface area contributed by atoms with E-state index in [0.717, 1.165) is 32.3 Å². The summed E-state index contributed by atoms with van der Waals surface area (Å²) in [6.07, 6.45) is 4.95. The van der Waals surface area contributed by atoms with Crippen LogP contribution in [0.1, 0.15) is 42.5 Å². The van der Waals surface area contributed by atoms with Crippen LogP contribution in [-0.2, 0) is 4.74 Å². The molecular formula is C12H14Cl2O2S. The van der Waals surface area contributed by atoms with Crippen LogP contribution in [0.2, 0.25) is 8.67 Å². The van der Waals surface area contributed by atoms with Crippen molar-refractivity contribution in [1.82, 2.24) is 0 Å². The monoisotopic (exact) mass is 292 g/mol. The van der Waals surface area contributed by atoms with Crippen LogP contribution < -0.4 is 0 Å². The zero-order chi connectivity index (χ0) is 12.3. The number of ether oxygens (including phenoxy) is 1. The van der Waals surface area contributed by atoms with Gasteiger partial charge in [-0.25, -0.2) is 0 Å². The van der Waals surface area contributed by atoms with Crippen LogP contribution in [0, 0.1) is 0 Å². The van der Waals surface area contributed by atoms with Crippen molar-refractivity contribution in [2.45, 2.75) is 38.2 Å². The maximum Gasteiger partial charge on any atom is 0.165 e. The topological polar surface area (TPSA) is 26.3 Å². The van der Waals surface area contributed by atoms with Crippen LogP contribution in [0.3, 0.4) is 0 Å². The zero-order valence-corrected chi connectivity index (χ0v) is 11.7. The lowest BCUT2D eigenvalue weighted by Crippen LogP contribution is -2.06. The third-order valence-electron chi connectivity index (χ3n) is 2.91. The Labute approximate surface area is 115 Å². The van der Waals surface area contributed by atoms with Gasteiger partial charge in [-0.05, 0) is 31.7 Å². The van der Waals surface area contributed by atoms with Crippen LogP contribution in [0.15, 0.2) is 6.07 Å². The maximum atomic E-state index is 11.9. The Morgan fingerprint density at radius 3 is 2.94 bits per heavy atom. The van der Waals surface area contributed by atoms with Gasteiger partial charge >= 0.3 is 0 Å². The molecule has 0 spiro atoms. The van der Waals surface area contributed by atoms with Gasteiger partial charge in [-0.2, -0.15) is 0 Å². The molecule has 5 heteroatoms. The van der Waals surface area contributed by atoms with Crippen LogP contribution in [0.5, 0.6) is 0 Å². The number of hydrogen-bond donors (Lipinski definition) is 0. The van der Waals surface area contributed by atoms with Gasteiger partial charge in [-0.3, -0.25) is 4.79 Å². The minimum atomic E-state index is 0.0798. The largest absolute Gasteiger partial charge is 0.378 e. The summed E-state index contributed by atoms with van der Waals surface area (Å²) in [5.41, 5.74) is 0.564. The summed E-state index contributed by atoms with van der Waals surface area (Å²) < 4.78 is 6.58. The van der Waals surface area contributed by atoms with Crippen LogP contribution in [0.4, 0.5) is 0 Å². The molecule has 1 aliphatic rings. The predicted octanol–water partition coefficient (Wildman–Crippen LogP) is 4.59. The average Bonchev–Trinajstić information content (AvgIpc) is 2.88. The van der Waals surface area contributed by atoms with E-state index in [4.69, 9.17) is 27.9 Å². The quantitative estimate of drug-likeness (QED) is 0.742. The molecule has 0 aromatic carbocycles. The van der Waals surface area contributed by atoms with Crippen LogP contribution >= 0.6 is 34.5 Å². The van der Waals surface area contributed by atoms with Gasteiger partial charge in [0.2, 0.25) is 0 Å². The molecule has 1 atom stereocenters. The molecule has 2 nitrogen and oxygen atoms in total. The van der Waals surface area contributed by atoms with Crippen molar-refractivity contribution in [3.63, 3.8) is 0 Å². The number of carbonyl (C=O) groups excluding carboxylic acids is 1. The van der Waals surface area contributed by atoms with E-state index in [2.05, 4.69) is 0 Å². The average molecular weight is 293 g/mol. The van der Waals surface area contributed by atoms with Gasteiger partial charge in [0.15, 0.2) is 5.78 Å². The smallest absolute Gasteiger partial charge is 0.165 e. The first-order valence-corrected chi connectivity index (χ1v) is 7.33. The molecular weight excluding hydrogens is 279 g/mol. The van der Waals surface area contributed by atoms with Crippen LogP contribution in [0.25, 0.3) is 0 Å². The molecule has 0 bridgehead atoms. The second-order valence-electron chi connectivity index (χ2n) is 4.19. The Balaban J connectivity index is 1.78. The van der Waals surface area contributed by atoms with Crippen molar-refractivity contribution in [1.29, 1.82) is 0 Å². The van der Waals surface area contributed by atoms with E-state index in [-0.39, 0.29) is 5.78 Å². The summed E-state index contributed by atoms with van der Waals surface area (Å²) >= 11 is 13.0. The normalized spacial score (nSPS) is 19.8. The minimum Gasteiger partial charge on any atom is -0.378 e. The predicted molar refractivity (Wildman–Crippen MR) is 71.5 cm³/mol. The van der Waals surface area contributed by atoms with E-state index in [9.17, 15) is 4.79 Å². The Kier molecular flexibility index (Phi) is 4.86. The number of hydrogen-bond acceptors (Lipinski definition) is 3. The lowest BCUT2D eigenvalue weighted by atomic mass is 10.0. The summed E-state index contributed by atoms with van der Waals surface area (Å²) in [6.45, 7) is 0.866. The Morgan fingerprint density at radius 2 is 2.35 bits per heavy atom. The molecule has 0 radical (unpaired) electrons. The second-order valence-corrected chi connectivity index (χ2v) is 6.47. The van der Waals surface area contributed by atoms with Gasteiger partial charge in [0.05, 0.1) is 10.4 Å². The van der Waals surface area contributed by atoms with Crippen molar-refractivity contribution >= 4 is 40.3 Å². The number of halogens is 2. The first kappa shape index (κ1) is 13.3. The zero-order valence-electron chi connectivity index (χ0n) is 9.38. The van der Waals surface area contributed by atoms with E-state index in [1.807, 2.05) is 0 Å². The molecule has 1 saturated heterocycles. The minimum absolute atomic E-state index is 0.0798. The standard InChI is InChI=1S/C12H14Cl2O2S/c13-11-7-9(12(14)17-11)10(15)5-1-3-8-4-2-6-16-8/h7-8H,1-6H2. The molecule has 0 N–H and O–H groups in total. The highest BCUT2D eigenvalue weighted by Gasteiger charge is 2.17. The highest BCUT2D eigenvalue weighted by atomic mass is 35.5. The summed E-state index contributed by atoms with van der Waals surface area (Å²) in [7, 11) is 0. The Morgan fingerprint density at radius 1 is 1.53 bits per heavy atom. The molecule has 1 aliphatic heterocycles. The number of ketones is 1. The molecule has 1 unspecified atom stereocenters. The highest BCUT2D eigenvalue weighted by Crippen LogP contribution is 2.32. The molecule has 1 aromatic rings. The van der Waals surface area contributed by atoms with E-state index in [1.54, 1.807) is 6.07 Å². The molecule has 0 saturated carbocycles. The highest BCUT2D eigenvalue weighted by molar-refractivity contribution is 7.20. The van der Waals surface area contributed by atoms with Crippen molar-refractivity contribution in [3.8, 4) is 0 Å². The van der Waals surface area contributed by atoms with Gasteiger partial charge in [0.1, 0.15) is 4.34 Å². The molecule has 2 rings (SSSR count). The van der Waals surface area contributed by atoms with Crippen molar-refractivity contribution < 1.29 is 9.53 Å². The van der Waals surface area contributed by atoms with Gasteiger partial charge in [0, 0.05) is 18.6 Å². The third-order valence-corrected chi connectivity index (χ3v) is 4.40. The van der Waals surface area contributed by atoms with Crippen LogP contribution in [-0.4, -0.2) is 18.5 Å². The van der Waals surface area contributed by atoms with Crippen molar-refractivity contribution in [3.05, 3.63) is 20.3 Å². The van der Waals surface area contributed by atoms with E-state index < -0.39 is 0 Å². The molecule has 0 aliphatic carbocycles. The van der Waals surface area contributed by atoms with Crippen molar-refractivity contribution in [2.24, 2.45) is 0 Å². The lowest BCUT2D eigenvalue weighted by Gasteiger charge is -2.07. The third kappa shape index (κ3) is 3.68. The van der Waals surface area contributed by atoms with E-state index >= 15 is 0 Å². The molecule has 1 fully saturated rings. The lowest BCUT2D eigenvalue weighted by molar-refractivity contribution is 0.0923. The summed E-state index contributed by atoms with van der Waals surface area (Å²) in [5.74, 6) is 0.0798. The Hall–Kier alpha value is -0.0900. The SMILES string of the molecule is O=C(CCCC1CCCO1)c1cc(Cl)sc1Cl. The number of carbonyl (C=O) groups is 1.